The van der Waals surface area contributed by atoms with E-state index in [1.54, 1.807) is 0 Å². The smallest absolute Gasteiger partial charge is 0.0148 e. The second kappa shape index (κ2) is 5.19. The fourth-order valence-electron chi connectivity index (χ4n) is 3.22. The second-order valence-corrected chi connectivity index (χ2v) is 5.29. The number of rotatable bonds is 2. The molecule has 2 aliphatic rings. The SMILES string of the molecule is c1ccc([C@H]2CCN(C3CC[N]CC3)C2)cc1. The molecular formula is C15H21N2. The van der Waals surface area contributed by atoms with Gasteiger partial charge < -0.3 is 0 Å². The van der Waals surface area contributed by atoms with Crippen LogP contribution in [0.5, 0.6) is 0 Å². The van der Waals surface area contributed by atoms with Crippen LogP contribution in [0.2, 0.25) is 0 Å². The molecule has 2 heterocycles. The van der Waals surface area contributed by atoms with Crippen molar-refractivity contribution in [2.24, 2.45) is 0 Å². The van der Waals surface area contributed by atoms with Crippen molar-refractivity contribution in [2.45, 2.75) is 31.2 Å². The number of hydrogen-bond donors (Lipinski definition) is 0. The molecule has 0 saturated carbocycles. The van der Waals surface area contributed by atoms with Crippen LogP contribution < -0.4 is 5.32 Å². The maximum absolute atomic E-state index is 4.45. The van der Waals surface area contributed by atoms with Gasteiger partial charge in [-0.3, -0.25) is 4.90 Å². The first-order valence-corrected chi connectivity index (χ1v) is 6.86. The van der Waals surface area contributed by atoms with Crippen LogP contribution in [0.25, 0.3) is 0 Å². The zero-order valence-electron chi connectivity index (χ0n) is 10.4. The Bertz CT molecular complexity index is 343. The monoisotopic (exact) mass is 229 g/mol. The lowest BCUT2D eigenvalue weighted by molar-refractivity contribution is 0.195. The Hall–Kier alpha value is -0.860. The summed E-state index contributed by atoms with van der Waals surface area (Å²) < 4.78 is 0. The highest BCUT2D eigenvalue weighted by molar-refractivity contribution is 5.21. The summed E-state index contributed by atoms with van der Waals surface area (Å²) in [5.41, 5.74) is 1.52. The van der Waals surface area contributed by atoms with E-state index in [2.05, 4.69) is 40.5 Å². The zero-order chi connectivity index (χ0) is 11.5. The van der Waals surface area contributed by atoms with Gasteiger partial charge in [0, 0.05) is 25.7 Å². The van der Waals surface area contributed by atoms with E-state index < -0.39 is 0 Å². The summed E-state index contributed by atoms with van der Waals surface area (Å²) in [5.74, 6) is 0.759. The minimum atomic E-state index is 0.759. The molecule has 1 aromatic carbocycles. The van der Waals surface area contributed by atoms with E-state index in [4.69, 9.17) is 0 Å². The summed E-state index contributed by atoms with van der Waals surface area (Å²) in [6.45, 7) is 4.70. The van der Waals surface area contributed by atoms with Crippen LogP contribution in [0.1, 0.15) is 30.7 Å². The molecule has 0 aromatic heterocycles. The first-order valence-electron chi connectivity index (χ1n) is 6.86. The van der Waals surface area contributed by atoms with Crippen molar-refractivity contribution in [1.29, 1.82) is 0 Å². The number of hydrogen-bond acceptors (Lipinski definition) is 1. The third-order valence-electron chi connectivity index (χ3n) is 4.25. The minimum absolute atomic E-state index is 0.759. The summed E-state index contributed by atoms with van der Waals surface area (Å²) in [4.78, 5) is 2.70. The fourth-order valence-corrected chi connectivity index (χ4v) is 3.22. The Kier molecular flexibility index (Phi) is 3.44. The van der Waals surface area contributed by atoms with Crippen molar-refractivity contribution in [1.82, 2.24) is 10.2 Å². The summed E-state index contributed by atoms with van der Waals surface area (Å²) in [5, 5.41) is 4.45. The first kappa shape index (κ1) is 11.2. The van der Waals surface area contributed by atoms with E-state index in [1.165, 1.54) is 37.9 Å². The van der Waals surface area contributed by atoms with Gasteiger partial charge in [0.15, 0.2) is 0 Å². The van der Waals surface area contributed by atoms with E-state index in [9.17, 15) is 0 Å². The number of piperidine rings is 1. The lowest BCUT2D eigenvalue weighted by atomic mass is 9.98. The predicted molar refractivity (Wildman–Crippen MR) is 70.3 cm³/mol. The van der Waals surface area contributed by atoms with Crippen LogP contribution in [-0.4, -0.2) is 37.1 Å². The molecule has 0 unspecified atom stereocenters. The summed E-state index contributed by atoms with van der Waals surface area (Å²) in [6.07, 6.45) is 3.89. The van der Waals surface area contributed by atoms with E-state index in [1.807, 2.05) is 0 Å². The first-order chi connectivity index (χ1) is 8.43. The normalized spacial score (nSPS) is 27.4. The second-order valence-electron chi connectivity index (χ2n) is 5.29. The molecule has 1 atom stereocenters. The van der Waals surface area contributed by atoms with Crippen molar-refractivity contribution < 1.29 is 0 Å². The standard InChI is InChI=1S/C15H21N2/c1-2-4-13(5-3-1)14-8-11-17(12-14)15-6-9-16-10-7-15/h1-5,14-15H,6-12H2/t14-/m0/s1. The van der Waals surface area contributed by atoms with Gasteiger partial charge in [-0.15, -0.1) is 0 Å². The van der Waals surface area contributed by atoms with Crippen LogP contribution in [0.15, 0.2) is 30.3 Å². The Morgan fingerprint density at radius 2 is 1.76 bits per heavy atom. The molecule has 0 N–H and O–H groups in total. The number of likely N-dealkylation sites (tertiary alicyclic amines) is 1. The van der Waals surface area contributed by atoms with E-state index in [0.717, 1.165) is 25.0 Å². The largest absolute Gasteiger partial charge is 0.300 e. The van der Waals surface area contributed by atoms with Crippen molar-refractivity contribution >= 4 is 0 Å². The maximum Gasteiger partial charge on any atom is 0.0148 e. The summed E-state index contributed by atoms with van der Waals surface area (Å²) >= 11 is 0. The third-order valence-corrected chi connectivity index (χ3v) is 4.25. The molecule has 2 heteroatoms. The lowest BCUT2D eigenvalue weighted by Gasteiger charge is -2.30. The quantitative estimate of drug-likeness (QED) is 0.760. The van der Waals surface area contributed by atoms with Crippen LogP contribution in [-0.2, 0) is 0 Å². The van der Waals surface area contributed by atoms with Crippen LogP contribution in [0.3, 0.4) is 0 Å². The lowest BCUT2D eigenvalue weighted by Crippen LogP contribution is -2.39. The van der Waals surface area contributed by atoms with Crippen LogP contribution in [0.4, 0.5) is 0 Å². The molecule has 0 bridgehead atoms. The Labute approximate surface area is 104 Å². The van der Waals surface area contributed by atoms with Crippen LogP contribution >= 0.6 is 0 Å². The summed E-state index contributed by atoms with van der Waals surface area (Å²) in [6, 6.07) is 11.8. The Balaban J connectivity index is 1.61. The van der Waals surface area contributed by atoms with Gasteiger partial charge in [-0.2, -0.15) is 0 Å². The average molecular weight is 229 g/mol. The predicted octanol–water partition coefficient (Wildman–Crippen LogP) is 2.24. The third kappa shape index (κ3) is 2.53. The Morgan fingerprint density at radius 1 is 1.00 bits per heavy atom. The molecule has 3 rings (SSSR count). The molecule has 2 nitrogen and oxygen atoms in total. The molecule has 2 saturated heterocycles. The molecule has 2 fully saturated rings. The van der Waals surface area contributed by atoms with Crippen molar-refractivity contribution in [3.05, 3.63) is 35.9 Å². The van der Waals surface area contributed by atoms with Gasteiger partial charge in [0.25, 0.3) is 0 Å². The highest BCUT2D eigenvalue weighted by atomic mass is 15.2. The molecule has 17 heavy (non-hydrogen) atoms. The van der Waals surface area contributed by atoms with E-state index >= 15 is 0 Å². The molecule has 0 amide bonds. The summed E-state index contributed by atoms with van der Waals surface area (Å²) in [7, 11) is 0. The topological polar surface area (TPSA) is 17.3 Å². The molecule has 0 aliphatic carbocycles. The molecule has 2 aliphatic heterocycles. The molecule has 1 aromatic rings. The van der Waals surface area contributed by atoms with Crippen molar-refractivity contribution in [2.75, 3.05) is 26.2 Å². The van der Waals surface area contributed by atoms with Gasteiger partial charge in [0.05, 0.1) is 0 Å². The fraction of sp³-hybridized carbons (Fsp3) is 0.600. The maximum atomic E-state index is 4.45. The highest BCUT2D eigenvalue weighted by Crippen LogP contribution is 2.29. The zero-order valence-corrected chi connectivity index (χ0v) is 10.4. The van der Waals surface area contributed by atoms with Gasteiger partial charge in [-0.05, 0) is 37.3 Å². The molecular weight excluding hydrogens is 208 g/mol. The molecule has 1 radical (unpaired) electrons. The molecule has 0 spiro atoms. The minimum Gasteiger partial charge on any atom is -0.300 e. The van der Waals surface area contributed by atoms with Crippen molar-refractivity contribution in [3.63, 3.8) is 0 Å². The van der Waals surface area contributed by atoms with Crippen LogP contribution in [0, 0.1) is 0 Å². The molecule has 91 valence electrons. The van der Waals surface area contributed by atoms with Gasteiger partial charge in [0.1, 0.15) is 0 Å². The van der Waals surface area contributed by atoms with Gasteiger partial charge in [-0.1, -0.05) is 30.3 Å². The van der Waals surface area contributed by atoms with E-state index in [0.29, 0.717) is 0 Å². The van der Waals surface area contributed by atoms with Crippen molar-refractivity contribution in [3.8, 4) is 0 Å². The van der Waals surface area contributed by atoms with Gasteiger partial charge in [0.2, 0.25) is 0 Å². The van der Waals surface area contributed by atoms with Gasteiger partial charge in [-0.25, -0.2) is 5.32 Å². The number of benzene rings is 1. The number of nitrogens with zero attached hydrogens (tertiary/aromatic N) is 2. The average Bonchev–Trinajstić information content (AvgIpc) is 2.90. The Morgan fingerprint density at radius 3 is 2.53 bits per heavy atom. The van der Waals surface area contributed by atoms with Gasteiger partial charge >= 0.3 is 0 Å². The van der Waals surface area contributed by atoms with E-state index in [-0.39, 0.29) is 0 Å². The highest BCUT2D eigenvalue weighted by Gasteiger charge is 2.29.